The predicted molar refractivity (Wildman–Crippen MR) is 58.4 cm³/mol. The normalized spacial score (nSPS) is 16.8. The number of nitrogens with zero attached hydrogens (tertiary/aromatic N) is 1. The van der Waals surface area contributed by atoms with Gasteiger partial charge in [-0.05, 0) is 25.0 Å². The molecule has 0 bridgehead atoms. The van der Waals surface area contributed by atoms with Gasteiger partial charge in [-0.3, -0.25) is 0 Å². The Balaban J connectivity index is 1.99. The first kappa shape index (κ1) is 10.9. The molecule has 0 unspecified atom stereocenters. The van der Waals surface area contributed by atoms with Gasteiger partial charge in [-0.1, -0.05) is 0 Å². The van der Waals surface area contributed by atoms with Crippen molar-refractivity contribution >= 4 is 11.7 Å². The molecule has 1 saturated carbocycles. The zero-order valence-electron chi connectivity index (χ0n) is 8.81. The lowest BCUT2D eigenvalue weighted by atomic mass is 10.1. The summed E-state index contributed by atoms with van der Waals surface area (Å²) >= 11 is 0. The molecule has 0 amide bonds. The van der Waals surface area contributed by atoms with Crippen molar-refractivity contribution in [1.82, 2.24) is 4.98 Å². The zero-order valence-corrected chi connectivity index (χ0v) is 8.81. The standard InChI is InChI=1S/C11H14N2O3/c14-7-11(2-3-11)6-13-8-1-4-12-9(5-8)10(15)16/h1,4-5,14H,2-3,6-7H2,(H,12,13)(H,15,16). The van der Waals surface area contributed by atoms with Gasteiger partial charge in [0.1, 0.15) is 5.69 Å². The Morgan fingerprint density at radius 1 is 1.56 bits per heavy atom. The smallest absolute Gasteiger partial charge is 0.354 e. The molecule has 1 aliphatic rings. The van der Waals surface area contributed by atoms with E-state index in [-0.39, 0.29) is 17.7 Å². The first-order valence-corrected chi connectivity index (χ1v) is 5.19. The topological polar surface area (TPSA) is 82.5 Å². The van der Waals surface area contributed by atoms with E-state index in [1.54, 1.807) is 6.07 Å². The number of aliphatic hydroxyl groups excluding tert-OH is 1. The van der Waals surface area contributed by atoms with Crippen LogP contribution in [0.1, 0.15) is 23.3 Å². The van der Waals surface area contributed by atoms with Gasteiger partial charge >= 0.3 is 5.97 Å². The maximum atomic E-state index is 10.7. The van der Waals surface area contributed by atoms with Crippen LogP contribution in [0.15, 0.2) is 18.3 Å². The Morgan fingerprint density at radius 2 is 2.31 bits per heavy atom. The monoisotopic (exact) mass is 222 g/mol. The van der Waals surface area contributed by atoms with Gasteiger partial charge in [0.05, 0.1) is 6.61 Å². The molecular weight excluding hydrogens is 208 g/mol. The molecule has 0 atom stereocenters. The fourth-order valence-electron chi connectivity index (χ4n) is 1.51. The van der Waals surface area contributed by atoms with Gasteiger partial charge in [0.15, 0.2) is 0 Å². The molecule has 1 aromatic rings. The van der Waals surface area contributed by atoms with Crippen LogP contribution in [0, 0.1) is 5.41 Å². The van der Waals surface area contributed by atoms with E-state index < -0.39 is 5.97 Å². The number of nitrogens with one attached hydrogen (secondary N) is 1. The second-order valence-electron chi connectivity index (χ2n) is 4.25. The highest BCUT2D eigenvalue weighted by Crippen LogP contribution is 2.44. The molecule has 16 heavy (non-hydrogen) atoms. The first-order valence-electron chi connectivity index (χ1n) is 5.19. The molecule has 0 radical (unpaired) electrons. The molecule has 1 aliphatic carbocycles. The van der Waals surface area contributed by atoms with Crippen molar-refractivity contribution in [2.45, 2.75) is 12.8 Å². The summed E-state index contributed by atoms with van der Waals surface area (Å²) in [4.78, 5) is 14.4. The predicted octanol–water partition coefficient (Wildman–Crippen LogP) is 0.964. The SMILES string of the molecule is O=C(O)c1cc(NCC2(CO)CC2)ccn1. The molecule has 1 fully saturated rings. The molecule has 1 heterocycles. The van der Waals surface area contributed by atoms with E-state index in [2.05, 4.69) is 10.3 Å². The summed E-state index contributed by atoms with van der Waals surface area (Å²) in [6.45, 7) is 0.851. The average Bonchev–Trinajstić information content (AvgIpc) is 3.07. The van der Waals surface area contributed by atoms with E-state index in [4.69, 9.17) is 10.2 Å². The van der Waals surface area contributed by atoms with Gasteiger partial charge in [0, 0.05) is 23.8 Å². The van der Waals surface area contributed by atoms with Crippen LogP contribution in [0.2, 0.25) is 0 Å². The van der Waals surface area contributed by atoms with Crippen molar-refractivity contribution in [2.75, 3.05) is 18.5 Å². The highest BCUT2D eigenvalue weighted by atomic mass is 16.4. The molecule has 2 rings (SSSR count). The Hall–Kier alpha value is -1.62. The van der Waals surface area contributed by atoms with Crippen molar-refractivity contribution in [1.29, 1.82) is 0 Å². The molecule has 3 N–H and O–H groups in total. The lowest BCUT2D eigenvalue weighted by Crippen LogP contribution is -2.19. The quantitative estimate of drug-likeness (QED) is 0.691. The number of hydrogen-bond donors (Lipinski definition) is 3. The molecule has 0 aliphatic heterocycles. The Labute approximate surface area is 93.1 Å². The maximum Gasteiger partial charge on any atom is 0.354 e. The number of pyridine rings is 1. The number of hydrogen-bond acceptors (Lipinski definition) is 4. The van der Waals surface area contributed by atoms with Crippen LogP contribution in [-0.2, 0) is 0 Å². The summed E-state index contributed by atoms with van der Waals surface area (Å²) < 4.78 is 0. The van der Waals surface area contributed by atoms with Gasteiger partial charge in [-0.25, -0.2) is 9.78 Å². The van der Waals surface area contributed by atoms with E-state index in [1.165, 1.54) is 12.3 Å². The highest BCUT2D eigenvalue weighted by Gasteiger charge is 2.41. The number of anilines is 1. The molecule has 5 heteroatoms. The van der Waals surface area contributed by atoms with Gasteiger partial charge in [0.25, 0.3) is 0 Å². The fraction of sp³-hybridized carbons (Fsp3) is 0.455. The number of aliphatic hydroxyl groups is 1. The van der Waals surface area contributed by atoms with Crippen LogP contribution in [0.25, 0.3) is 0 Å². The van der Waals surface area contributed by atoms with Gasteiger partial charge in [0.2, 0.25) is 0 Å². The van der Waals surface area contributed by atoms with Gasteiger partial charge in [-0.15, -0.1) is 0 Å². The van der Waals surface area contributed by atoms with Crippen molar-refractivity contribution in [3.63, 3.8) is 0 Å². The first-order chi connectivity index (χ1) is 7.65. The second-order valence-corrected chi connectivity index (χ2v) is 4.25. The Bertz CT molecular complexity index is 402. The molecule has 5 nitrogen and oxygen atoms in total. The third-order valence-corrected chi connectivity index (χ3v) is 2.94. The minimum atomic E-state index is -1.04. The van der Waals surface area contributed by atoms with Crippen molar-refractivity contribution in [3.05, 3.63) is 24.0 Å². The minimum absolute atomic E-state index is 0.00660. The van der Waals surface area contributed by atoms with Crippen molar-refractivity contribution < 1.29 is 15.0 Å². The Kier molecular flexibility index (Phi) is 2.78. The molecular formula is C11H14N2O3. The highest BCUT2D eigenvalue weighted by molar-refractivity contribution is 5.86. The number of aromatic nitrogens is 1. The van der Waals surface area contributed by atoms with Crippen LogP contribution < -0.4 is 5.32 Å². The lowest BCUT2D eigenvalue weighted by Gasteiger charge is -2.13. The van der Waals surface area contributed by atoms with Crippen molar-refractivity contribution in [2.24, 2.45) is 5.41 Å². The van der Waals surface area contributed by atoms with E-state index in [0.717, 1.165) is 18.5 Å². The number of aromatic carboxylic acids is 1. The van der Waals surface area contributed by atoms with E-state index in [9.17, 15) is 4.79 Å². The van der Waals surface area contributed by atoms with Crippen LogP contribution in [0.3, 0.4) is 0 Å². The maximum absolute atomic E-state index is 10.7. The van der Waals surface area contributed by atoms with Crippen LogP contribution in [-0.4, -0.2) is 34.3 Å². The number of carbonyl (C=O) groups is 1. The summed E-state index contributed by atoms with van der Waals surface area (Å²) in [6.07, 6.45) is 3.51. The third kappa shape index (κ3) is 2.30. The zero-order chi connectivity index (χ0) is 11.6. The number of rotatable bonds is 5. The van der Waals surface area contributed by atoms with Gasteiger partial charge in [-0.2, -0.15) is 0 Å². The summed E-state index contributed by atoms with van der Waals surface area (Å²) in [7, 11) is 0. The van der Waals surface area contributed by atoms with E-state index >= 15 is 0 Å². The lowest BCUT2D eigenvalue weighted by molar-refractivity contribution is 0.0690. The molecule has 86 valence electrons. The fourth-order valence-corrected chi connectivity index (χ4v) is 1.51. The molecule has 0 spiro atoms. The summed E-state index contributed by atoms with van der Waals surface area (Å²) in [6, 6.07) is 3.22. The van der Waals surface area contributed by atoms with Crippen LogP contribution in [0.5, 0.6) is 0 Å². The van der Waals surface area contributed by atoms with Crippen LogP contribution >= 0.6 is 0 Å². The van der Waals surface area contributed by atoms with E-state index in [0.29, 0.717) is 6.54 Å². The second kappa shape index (κ2) is 4.09. The number of carboxylic acid groups (broad SMARTS) is 1. The summed E-state index contributed by atoms with van der Waals surface area (Å²) in [5.74, 6) is -1.04. The molecule has 0 aromatic carbocycles. The molecule has 1 aromatic heterocycles. The largest absolute Gasteiger partial charge is 0.477 e. The Morgan fingerprint density at radius 3 is 2.88 bits per heavy atom. The van der Waals surface area contributed by atoms with Crippen molar-refractivity contribution in [3.8, 4) is 0 Å². The van der Waals surface area contributed by atoms with E-state index in [1.807, 2.05) is 0 Å². The van der Waals surface area contributed by atoms with Gasteiger partial charge < -0.3 is 15.5 Å². The van der Waals surface area contributed by atoms with Crippen LogP contribution in [0.4, 0.5) is 5.69 Å². The summed E-state index contributed by atoms with van der Waals surface area (Å²) in [5.41, 5.74) is 0.762. The number of carboxylic acids is 1. The average molecular weight is 222 g/mol. The minimum Gasteiger partial charge on any atom is -0.477 e. The summed E-state index contributed by atoms with van der Waals surface area (Å²) in [5, 5.41) is 21.0. The third-order valence-electron chi connectivity index (χ3n) is 2.94. The molecule has 0 saturated heterocycles.